The van der Waals surface area contributed by atoms with Gasteiger partial charge in [-0.15, -0.1) is 0 Å². The van der Waals surface area contributed by atoms with Crippen molar-refractivity contribution in [3.63, 3.8) is 0 Å². The third kappa shape index (κ3) is 4.69. The van der Waals surface area contributed by atoms with Crippen LogP contribution in [0.2, 0.25) is 0 Å². The van der Waals surface area contributed by atoms with E-state index in [2.05, 4.69) is 15.8 Å². The van der Waals surface area contributed by atoms with E-state index in [0.717, 1.165) is 16.7 Å². The maximum Gasteiger partial charge on any atom is 0.187 e. The van der Waals surface area contributed by atoms with Crippen molar-refractivity contribution in [1.29, 1.82) is 0 Å². The zero-order valence-electron chi connectivity index (χ0n) is 14.4. The Kier molecular flexibility index (Phi) is 6.57. The molecule has 24 heavy (non-hydrogen) atoms. The number of rotatable bonds is 7. The van der Waals surface area contributed by atoms with Crippen molar-refractivity contribution in [2.75, 3.05) is 20.3 Å². The van der Waals surface area contributed by atoms with Crippen LogP contribution in [-0.2, 0) is 4.74 Å². The zero-order chi connectivity index (χ0) is 17.5. The van der Waals surface area contributed by atoms with Gasteiger partial charge in [0.1, 0.15) is 5.71 Å². The van der Waals surface area contributed by atoms with Crippen molar-refractivity contribution in [2.45, 2.75) is 26.8 Å². The summed E-state index contributed by atoms with van der Waals surface area (Å²) in [5.74, 6) is 1.39. The van der Waals surface area contributed by atoms with Gasteiger partial charge in [0.25, 0.3) is 0 Å². The van der Waals surface area contributed by atoms with E-state index < -0.39 is 0 Å². The predicted octanol–water partition coefficient (Wildman–Crippen LogP) is 3.05. The molecule has 0 aliphatic carbocycles. The van der Waals surface area contributed by atoms with Crippen LogP contribution < -0.4 is 15.5 Å². The van der Waals surface area contributed by atoms with Crippen LogP contribution >= 0.6 is 12.2 Å². The molecule has 0 bridgehead atoms. The van der Waals surface area contributed by atoms with E-state index in [0.29, 0.717) is 29.8 Å². The van der Waals surface area contributed by atoms with Crippen LogP contribution in [0.4, 0.5) is 0 Å². The molecule has 0 amide bonds. The number of fused-ring (bicyclic) bond motifs is 1. The SMILES string of the molecule is CCOc1cccc2cc(/C(C)=N\NC(=S)N[C@@H](C)COC)oc12. The maximum atomic E-state index is 5.89. The number of hydrazone groups is 1. The molecule has 1 aromatic heterocycles. The van der Waals surface area contributed by atoms with Gasteiger partial charge in [0.15, 0.2) is 22.2 Å². The zero-order valence-corrected chi connectivity index (χ0v) is 15.2. The van der Waals surface area contributed by atoms with E-state index in [9.17, 15) is 0 Å². The first-order valence-electron chi connectivity index (χ1n) is 7.80. The number of benzene rings is 1. The molecule has 2 aromatic rings. The van der Waals surface area contributed by atoms with E-state index in [4.69, 9.17) is 26.1 Å². The van der Waals surface area contributed by atoms with E-state index in [1.54, 1.807) is 7.11 Å². The lowest BCUT2D eigenvalue weighted by molar-refractivity contribution is 0.179. The first-order chi connectivity index (χ1) is 11.5. The minimum absolute atomic E-state index is 0.102. The fourth-order valence-electron chi connectivity index (χ4n) is 2.22. The molecule has 0 unspecified atom stereocenters. The van der Waals surface area contributed by atoms with Gasteiger partial charge >= 0.3 is 0 Å². The van der Waals surface area contributed by atoms with Crippen molar-refractivity contribution in [1.82, 2.24) is 10.7 Å². The molecule has 6 nitrogen and oxygen atoms in total. The van der Waals surface area contributed by atoms with Gasteiger partial charge in [-0.05, 0) is 45.1 Å². The van der Waals surface area contributed by atoms with Gasteiger partial charge in [-0.1, -0.05) is 12.1 Å². The molecule has 0 radical (unpaired) electrons. The Balaban J connectivity index is 2.09. The highest BCUT2D eigenvalue weighted by atomic mass is 32.1. The molecule has 0 aliphatic rings. The normalized spacial score (nSPS) is 12.9. The number of nitrogens with one attached hydrogen (secondary N) is 2. The lowest BCUT2D eigenvalue weighted by Crippen LogP contribution is -2.40. The summed E-state index contributed by atoms with van der Waals surface area (Å²) in [6.45, 7) is 6.92. The van der Waals surface area contributed by atoms with Crippen LogP contribution in [0.3, 0.4) is 0 Å². The lowest BCUT2D eigenvalue weighted by Gasteiger charge is -2.14. The number of hydrogen-bond donors (Lipinski definition) is 2. The molecule has 0 saturated heterocycles. The number of furan rings is 1. The molecular weight excluding hydrogens is 326 g/mol. The maximum absolute atomic E-state index is 5.89. The summed E-state index contributed by atoms with van der Waals surface area (Å²) in [5.41, 5.74) is 4.23. The smallest absolute Gasteiger partial charge is 0.187 e. The summed E-state index contributed by atoms with van der Waals surface area (Å²) < 4.78 is 16.5. The average molecular weight is 349 g/mol. The van der Waals surface area contributed by atoms with E-state index in [1.807, 2.05) is 45.0 Å². The highest BCUT2D eigenvalue weighted by Crippen LogP contribution is 2.28. The highest BCUT2D eigenvalue weighted by Gasteiger charge is 2.11. The quantitative estimate of drug-likeness (QED) is 0.455. The van der Waals surface area contributed by atoms with Crippen molar-refractivity contribution in [2.24, 2.45) is 5.10 Å². The molecule has 2 rings (SSSR count). The average Bonchev–Trinajstić information content (AvgIpc) is 2.98. The lowest BCUT2D eigenvalue weighted by atomic mass is 10.2. The Labute approximate surface area is 147 Å². The van der Waals surface area contributed by atoms with Gasteiger partial charge in [-0.3, -0.25) is 5.43 Å². The standard InChI is InChI=1S/C17H23N3O3S/c1-5-22-14-8-6-7-13-9-15(23-16(13)14)12(3)19-20-17(24)18-11(2)10-21-4/h6-9,11H,5,10H2,1-4H3,(H2,18,20,24)/b19-12-/t11-/m0/s1. The summed E-state index contributed by atoms with van der Waals surface area (Å²) in [6, 6.07) is 7.84. The molecule has 0 aliphatic heterocycles. The Morgan fingerprint density at radius 3 is 2.92 bits per heavy atom. The topological polar surface area (TPSA) is 68.0 Å². The van der Waals surface area contributed by atoms with Gasteiger partial charge in [0.2, 0.25) is 0 Å². The number of para-hydroxylation sites is 1. The number of ether oxygens (including phenoxy) is 2. The number of nitrogens with zero attached hydrogens (tertiary/aromatic N) is 1. The Morgan fingerprint density at radius 1 is 1.42 bits per heavy atom. The van der Waals surface area contributed by atoms with Gasteiger partial charge in [0, 0.05) is 18.5 Å². The van der Waals surface area contributed by atoms with Crippen molar-refractivity contribution in [3.05, 3.63) is 30.0 Å². The molecule has 2 N–H and O–H groups in total. The minimum atomic E-state index is 0.102. The molecule has 7 heteroatoms. The van der Waals surface area contributed by atoms with Gasteiger partial charge in [-0.2, -0.15) is 5.10 Å². The first kappa shape index (κ1) is 18.2. The van der Waals surface area contributed by atoms with Crippen LogP contribution in [0, 0.1) is 0 Å². The fraction of sp³-hybridized carbons (Fsp3) is 0.412. The monoisotopic (exact) mass is 349 g/mol. The van der Waals surface area contributed by atoms with Crippen molar-refractivity contribution >= 4 is 34.0 Å². The third-order valence-corrected chi connectivity index (χ3v) is 3.49. The summed E-state index contributed by atoms with van der Waals surface area (Å²) in [7, 11) is 1.65. The van der Waals surface area contributed by atoms with Crippen molar-refractivity contribution in [3.8, 4) is 5.75 Å². The molecule has 0 spiro atoms. The second kappa shape index (κ2) is 8.65. The molecule has 1 heterocycles. The Hall–Kier alpha value is -2.12. The van der Waals surface area contributed by atoms with Crippen LogP contribution in [0.5, 0.6) is 5.75 Å². The minimum Gasteiger partial charge on any atom is -0.490 e. The Bertz CT molecular complexity index is 727. The molecular formula is C17H23N3O3S. The second-order valence-electron chi connectivity index (χ2n) is 5.36. The summed E-state index contributed by atoms with van der Waals surface area (Å²) in [4.78, 5) is 0. The number of thiocarbonyl (C=S) groups is 1. The van der Waals surface area contributed by atoms with E-state index in [-0.39, 0.29) is 6.04 Å². The van der Waals surface area contributed by atoms with Crippen LogP contribution in [0.25, 0.3) is 11.0 Å². The molecule has 130 valence electrons. The van der Waals surface area contributed by atoms with Crippen LogP contribution in [-0.4, -0.2) is 37.2 Å². The van der Waals surface area contributed by atoms with Crippen LogP contribution in [0.1, 0.15) is 26.5 Å². The highest BCUT2D eigenvalue weighted by molar-refractivity contribution is 7.80. The fourth-order valence-corrected chi connectivity index (χ4v) is 2.47. The third-order valence-electron chi connectivity index (χ3n) is 3.28. The summed E-state index contributed by atoms with van der Waals surface area (Å²) in [6.07, 6.45) is 0. The van der Waals surface area contributed by atoms with E-state index >= 15 is 0 Å². The molecule has 0 saturated carbocycles. The number of methoxy groups -OCH3 is 1. The molecule has 1 atom stereocenters. The second-order valence-corrected chi connectivity index (χ2v) is 5.77. The largest absolute Gasteiger partial charge is 0.490 e. The van der Waals surface area contributed by atoms with E-state index in [1.165, 1.54) is 0 Å². The number of hydrogen-bond acceptors (Lipinski definition) is 5. The van der Waals surface area contributed by atoms with Crippen molar-refractivity contribution < 1.29 is 13.9 Å². The molecule has 1 aromatic carbocycles. The molecule has 0 fully saturated rings. The predicted molar refractivity (Wildman–Crippen MR) is 99.8 cm³/mol. The summed E-state index contributed by atoms with van der Waals surface area (Å²) >= 11 is 5.20. The van der Waals surface area contributed by atoms with Crippen LogP contribution in [0.15, 0.2) is 33.8 Å². The first-order valence-corrected chi connectivity index (χ1v) is 8.21. The van der Waals surface area contributed by atoms with Gasteiger partial charge < -0.3 is 19.2 Å². The Morgan fingerprint density at radius 2 is 2.21 bits per heavy atom. The van der Waals surface area contributed by atoms with Gasteiger partial charge in [-0.25, -0.2) is 0 Å². The summed E-state index contributed by atoms with van der Waals surface area (Å²) in [5, 5.41) is 8.75. The van der Waals surface area contributed by atoms with Gasteiger partial charge in [0.05, 0.1) is 13.2 Å².